The quantitative estimate of drug-likeness (QED) is 0.770. The second-order valence-electron chi connectivity index (χ2n) is 4.93. The van der Waals surface area contributed by atoms with E-state index in [1.807, 2.05) is 17.9 Å². The number of aryl methyl sites for hydroxylation is 2. The van der Waals surface area contributed by atoms with Gasteiger partial charge in [-0.05, 0) is 19.3 Å². The van der Waals surface area contributed by atoms with E-state index in [1.165, 1.54) is 11.3 Å². The fourth-order valence-corrected chi connectivity index (χ4v) is 2.77. The Kier molecular flexibility index (Phi) is 4.81. The zero-order valence-corrected chi connectivity index (χ0v) is 13.4. The Morgan fingerprint density at radius 2 is 2.00 bits per heavy atom. The van der Waals surface area contributed by atoms with Crippen molar-refractivity contribution in [2.75, 3.05) is 0 Å². The third-order valence-electron chi connectivity index (χ3n) is 3.48. The minimum atomic E-state index is 0.0375. The van der Waals surface area contributed by atoms with Crippen LogP contribution in [-0.2, 0) is 26.4 Å². The van der Waals surface area contributed by atoms with Crippen molar-refractivity contribution in [1.29, 1.82) is 0 Å². The van der Waals surface area contributed by atoms with Gasteiger partial charge < -0.3 is 0 Å². The second kappa shape index (κ2) is 6.39. The Morgan fingerprint density at radius 3 is 2.50 bits per heavy atom. The predicted octanol–water partition coefficient (Wildman–Crippen LogP) is 2.87. The van der Waals surface area contributed by atoms with Crippen molar-refractivity contribution in [1.82, 2.24) is 24.8 Å². The van der Waals surface area contributed by atoms with E-state index < -0.39 is 0 Å². The van der Waals surface area contributed by atoms with Crippen molar-refractivity contribution in [2.24, 2.45) is 7.05 Å². The molecule has 0 saturated heterocycles. The van der Waals surface area contributed by atoms with E-state index in [0.717, 1.165) is 30.7 Å². The molecule has 2 aromatic rings. The molecule has 0 bridgehead atoms. The van der Waals surface area contributed by atoms with Crippen molar-refractivity contribution in [3.63, 3.8) is 0 Å². The van der Waals surface area contributed by atoms with Gasteiger partial charge in [0.25, 0.3) is 0 Å². The minimum absolute atomic E-state index is 0.0375. The maximum absolute atomic E-state index is 6.49. The van der Waals surface area contributed by atoms with Crippen LogP contribution in [0.25, 0.3) is 0 Å². The van der Waals surface area contributed by atoms with Crippen LogP contribution in [-0.4, -0.2) is 24.8 Å². The van der Waals surface area contributed by atoms with Crippen molar-refractivity contribution in [2.45, 2.75) is 52.0 Å². The molecule has 1 atom stereocenters. The molecule has 5 nitrogen and oxygen atoms in total. The highest BCUT2D eigenvalue weighted by atomic mass is 35.5. The highest BCUT2D eigenvalue weighted by Gasteiger charge is 2.21. The average molecular weight is 296 g/mol. The van der Waals surface area contributed by atoms with Gasteiger partial charge in [-0.15, -0.1) is 16.7 Å². The Labute approximate surface area is 124 Å². The van der Waals surface area contributed by atoms with E-state index in [4.69, 9.17) is 16.7 Å². The summed E-state index contributed by atoms with van der Waals surface area (Å²) in [6, 6.07) is 0. The molecule has 2 rings (SSSR count). The van der Waals surface area contributed by atoms with Crippen LogP contribution in [0.3, 0.4) is 0 Å². The summed E-state index contributed by atoms with van der Waals surface area (Å²) in [6.45, 7) is 7.03. The molecule has 0 N–H and O–H groups in total. The lowest BCUT2D eigenvalue weighted by atomic mass is 10.0. The van der Waals surface area contributed by atoms with Crippen molar-refractivity contribution in [3.8, 4) is 0 Å². The van der Waals surface area contributed by atoms with E-state index in [2.05, 4.69) is 31.1 Å². The molecule has 0 aliphatic heterocycles. The average Bonchev–Trinajstić information content (AvgIpc) is 3.01. The van der Waals surface area contributed by atoms with Crippen LogP contribution in [0.2, 0.25) is 0 Å². The van der Waals surface area contributed by atoms with Gasteiger partial charge in [-0.25, -0.2) is 0 Å². The summed E-state index contributed by atoms with van der Waals surface area (Å²) < 4.78 is 3.74. The standard InChI is InChI=1S/C14H22ClN5/c1-5-11(15)14-12(6-2)17-20(13(14)7-3)9-10-8-19(4)18-16-10/h8,11H,5-7,9H2,1-4H3. The molecule has 0 fully saturated rings. The number of nitrogens with zero attached hydrogens (tertiary/aromatic N) is 5. The van der Waals surface area contributed by atoms with Crippen molar-refractivity contribution < 1.29 is 0 Å². The van der Waals surface area contributed by atoms with Gasteiger partial charge in [-0.3, -0.25) is 9.36 Å². The normalized spacial score (nSPS) is 12.8. The van der Waals surface area contributed by atoms with Crippen LogP contribution in [0.4, 0.5) is 0 Å². The van der Waals surface area contributed by atoms with Gasteiger partial charge in [0.15, 0.2) is 0 Å². The van der Waals surface area contributed by atoms with Gasteiger partial charge in [0, 0.05) is 24.5 Å². The number of rotatable bonds is 6. The molecule has 2 heterocycles. The molecule has 20 heavy (non-hydrogen) atoms. The Bertz CT molecular complexity index is 572. The molecule has 0 aliphatic carbocycles. The zero-order valence-electron chi connectivity index (χ0n) is 12.6. The molecule has 2 aromatic heterocycles. The highest BCUT2D eigenvalue weighted by Crippen LogP contribution is 2.31. The third kappa shape index (κ3) is 2.87. The molecule has 1 unspecified atom stereocenters. The van der Waals surface area contributed by atoms with Crippen LogP contribution in [0, 0.1) is 0 Å². The second-order valence-corrected chi connectivity index (χ2v) is 5.46. The van der Waals surface area contributed by atoms with Crippen LogP contribution < -0.4 is 0 Å². The lowest BCUT2D eigenvalue weighted by Crippen LogP contribution is -2.07. The topological polar surface area (TPSA) is 48.5 Å². The maximum Gasteiger partial charge on any atom is 0.104 e. The van der Waals surface area contributed by atoms with Crippen molar-refractivity contribution >= 4 is 11.6 Å². The van der Waals surface area contributed by atoms with E-state index >= 15 is 0 Å². The van der Waals surface area contributed by atoms with Crippen LogP contribution >= 0.6 is 11.6 Å². The van der Waals surface area contributed by atoms with Gasteiger partial charge in [-0.2, -0.15) is 5.10 Å². The first-order chi connectivity index (χ1) is 9.60. The van der Waals surface area contributed by atoms with Crippen LogP contribution in [0.15, 0.2) is 6.20 Å². The molecule has 0 aliphatic rings. The lowest BCUT2D eigenvalue weighted by molar-refractivity contribution is 0.626. The molecule has 0 spiro atoms. The molecule has 0 saturated carbocycles. The SMILES string of the molecule is CCc1nn(Cc2cn(C)nn2)c(CC)c1C(Cl)CC. The molecule has 0 amide bonds. The molecular weight excluding hydrogens is 274 g/mol. The Morgan fingerprint density at radius 1 is 1.25 bits per heavy atom. The fourth-order valence-electron chi connectivity index (χ4n) is 2.52. The number of hydrogen-bond acceptors (Lipinski definition) is 3. The summed E-state index contributed by atoms with van der Waals surface area (Å²) in [5.41, 5.74) is 4.45. The number of aromatic nitrogens is 5. The van der Waals surface area contributed by atoms with Crippen LogP contribution in [0.1, 0.15) is 55.2 Å². The first-order valence-electron chi connectivity index (χ1n) is 7.18. The first-order valence-corrected chi connectivity index (χ1v) is 7.61. The smallest absolute Gasteiger partial charge is 0.104 e. The van der Waals surface area contributed by atoms with Crippen LogP contribution in [0.5, 0.6) is 0 Å². The number of halogens is 1. The predicted molar refractivity (Wildman–Crippen MR) is 80.0 cm³/mol. The summed E-state index contributed by atoms with van der Waals surface area (Å²) in [7, 11) is 1.87. The number of alkyl halides is 1. The van der Waals surface area contributed by atoms with E-state index in [1.54, 1.807) is 4.68 Å². The summed E-state index contributed by atoms with van der Waals surface area (Å²) in [6.07, 6.45) is 4.66. The van der Waals surface area contributed by atoms with Gasteiger partial charge in [0.05, 0.1) is 17.6 Å². The maximum atomic E-state index is 6.49. The number of hydrogen-bond donors (Lipinski definition) is 0. The van der Waals surface area contributed by atoms with Gasteiger partial charge in [0.1, 0.15) is 5.69 Å². The molecule has 6 heteroatoms. The molecule has 0 aromatic carbocycles. The van der Waals surface area contributed by atoms with Gasteiger partial charge in [0.2, 0.25) is 0 Å². The first kappa shape index (κ1) is 15.0. The van der Waals surface area contributed by atoms with E-state index in [0.29, 0.717) is 6.54 Å². The molecular formula is C14H22ClN5. The van der Waals surface area contributed by atoms with E-state index in [-0.39, 0.29) is 5.38 Å². The fraction of sp³-hybridized carbons (Fsp3) is 0.643. The zero-order chi connectivity index (χ0) is 14.7. The Balaban J connectivity index is 2.40. The highest BCUT2D eigenvalue weighted by molar-refractivity contribution is 6.20. The van der Waals surface area contributed by atoms with Crippen molar-refractivity contribution in [3.05, 3.63) is 28.8 Å². The summed E-state index contributed by atoms with van der Waals surface area (Å²) in [5, 5.41) is 12.9. The van der Waals surface area contributed by atoms with E-state index in [9.17, 15) is 0 Å². The summed E-state index contributed by atoms with van der Waals surface area (Å²) in [5.74, 6) is 0. The van der Waals surface area contributed by atoms with Gasteiger partial charge >= 0.3 is 0 Å². The van der Waals surface area contributed by atoms with Gasteiger partial charge in [-0.1, -0.05) is 26.0 Å². The largest absolute Gasteiger partial charge is 0.263 e. The summed E-state index contributed by atoms with van der Waals surface area (Å²) >= 11 is 6.49. The lowest BCUT2D eigenvalue weighted by Gasteiger charge is -2.10. The molecule has 110 valence electrons. The molecule has 0 radical (unpaired) electrons. The third-order valence-corrected chi connectivity index (χ3v) is 4.00. The minimum Gasteiger partial charge on any atom is -0.263 e. The monoisotopic (exact) mass is 295 g/mol. The Hall–Kier alpha value is -1.36. The summed E-state index contributed by atoms with van der Waals surface area (Å²) in [4.78, 5) is 0.